The van der Waals surface area contributed by atoms with Crippen LogP contribution >= 0.6 is 0 Å². The summed E-state index contributed by atoms with van der Waals surface area (Å²) in [6.07, 6.45) is -1.07. The lowest BCUT2D eigenvalue weighted by Gasteiger charge is -2.37. The molecule has 0 bridgehead atoms. The van der Waals surface area contributed by atoms with Crippen molar-refractivity contribution in [2.24, 2.45) is 11.3 Å². The molecular formula is C27H36F3NO3. The van der Waals surface area contributed by atoms with Gasteiger partial charge in [0.2, 0.25) is 0 Å². The van der Waals surface area contributed by atoms with Crippen molar-refractivity contribution in [2.75, 3.05) is 25.1 Å². The summed E-state index contributed by atoms with van der Waals surface area (Å²) in [5.41, 5.74) is 0.217. The molecule has 0 aliphatic heterocycles. The van der Waals surface area contributed by atoms with E-state index in [1.807, 2.05) is 4.90 Å². The third-order valence-electron chi connectivity index (χ3n) is 6.84. The third kappa shape index (κ3) is 6.36. The van der Waals surface area contributed by atoms with Crippen molar-refractivity contribution in [2.45, 2.75) is 72.1 Å². The average molecular weight is 480 g/mol. The van der Waals surface area contributed by atoms with Crippen molar-refractivity contribution in [3.8, 4) is 5.75 Å². The number of hydrogen-bond donors (Lipinski definition) is 0. The standard InChI is InChI=1S/C27H36F3NO3/c1-6-33-24(32)15-16-31(5)20-10-13-22-18(17-20)7-14-23(25(22)27(28,29)30)34-21-11-8-19(9-12-21)26(2,3)4/h7,10,13-14,17,19,21H,6,8-9,11-12,15-16H2,1-5H3. The van der Waals surface area contributed by atoms with Gasteiger partial charge in [-0.2, -0.15) is 13.2 Å². The number of esters is 1. The fourth-order valence-corrected chi connectivity index (χ4v) is 4.77. The van der Waals surface area contributed by atoms with Gasteiger partial charge in [-0.3, -0.25) is 4.79 Å². The molecular weight excluding hydrogens is 443 g/mol. The zero-order chi connectivity index (χ0) is 25.1. The summed E-state index contributed by atoms with van der Waals surface area (Å²) in [6.45, 7) is 9.12. The average Bonchev–Trinajstić information content (AvgIpc) is 2.76. The van der Waals surface area contributed by atoms with Gasteiger partial charge in [-0.25, -0.2) is 0 Å². The molecule has 188 valence electrons. The Hall–Kier alpha value is -2.44. The van der Waals surface area contributed by atoms with E-state index >= 15 is 0 Å². The predicted octanol–water partition coefficient (Wildman–Crippen LogP) is 7.23. The Kier molecular flexibility index (Phi) is 8.04. The Morgan fingerprint density at radius 3 is 2.32 bits per heavy atom. The van der Waals surface area contributed by atoms with Crippen molar-refractivity contribution in [1.82, 2.24) is 0 Å². The molecule has 0 radical (unpaired) electrons. The first kappa shape index (κ1) is 26.2. The van der Waals surface area contributed by atoms with E-state index in [1.165, 1.54) is 12.1 Å². The lowest BCUT2D eigenvalue weighted by Crippen LogP contribution is -2.31. The molecule has 3 rings (SSSR count). The van der Waals surface area contributed by atoms with Gasteiger partial charge >= 0.3 is 12.1 Å². The van der Waals surface area contributed by atoms with Gasteiger partial charge in [0.25, 0.3) is 0 Å². The van der Waals surface area contributed by atoms with E-state index in [9.17, 15) is 18.0 Å². The van der Waals surface area contributed by atoms with E-state index in [4.69, 9.17) is 9.47 Å². The molecule has 1 aliphatic rings. The highest BCUT2D eigenvalue weighted by molar-refractivity contribution is 5.91. The first-order valence-electron chi connectivity index (χ1n) is 12.1. The second-order valence-corrected chi connectivity index (χ2v) is 10.3. The molecule has 0 spiro atoms. The minimum Gasteiger partial charge on any atom is -0.490 e. The van der Waals surface area contributed by atoms with Crippen LogP contribution in [-0.2, 0) is 15.7 Å². The summed E-state index contributed by atoms with van der Waals surface area (Å²) < 4.78 is 53.4. The fraction of sp³-hybridized carbons (Fsp3) is 0.593. The number of carbonyl (C=O) groups is 1. The number of carbonyl (C=O) groups excluding carboxylic acids is 1. The maximum Gasteiger partial charge on any atom is 0.420 e. The van der Waals surface area contributed by atoms with Crippen molar-refractivity contribution in [1.29, 1.82) is 0 Å². The van der Waals surface area contributed by atoms with Gasteiger partial charge in [-0.1, -0.05) is 32.9 Å². The first-order chi connectivity index (χ1) is 15.9. The van der Waals surface area contributed by atoms with Crippen LogP contribution < -0.4 is 9.64 Å². The highest BCUT2D eigenvalue weighted by Gasteiger charge is 2.38. The van der Waals surface area contributed by atoms with Crippen LogP contribution in [0.1, 0.15) is 65.4 Å². The molecule has 1 saturated carbocycles. The number of anilines is 1. The molecule has 2 aromatic rings. The number of hydrogen-bond acceptors (Lipinski definition) is 4. The number of rotatable bonds is 7. The van der Waals surface area contributed by atoms with Gasteiger partial charge in [-0.05, 0) is 72.9 Å². The van der Waals surface area contributed by atoms with Crippen LogP contribution in [0.25, 0.3) is 10.8 Å². The van der Waals surface area contributed by atoms with Gasteiger partial charge in [-0.15, -0.1) is 0 Å². The largest absolute Gasteiger partial charge is 0.490 e. The summed E-state index contributed by atoms with van der Waals surface area (Å²) in [5, 5.41) is 0.604. The van der Waals surface area contributed by atoms with Crippen molar-refractivity contribution >= 4 is 22.4 Å². The molecule has 0 unspecified atom stereocenters. The van der Waals surface area contributed by atoms with Crippen LogP contribution in [0.2, 0.25) is 0 Å². The fourth-order valence-electron chi connectivity index (χ4n) is 4.77. The van der Waals surface area contributed by atoms with Gasteiger partial charge < -0.3 is 14.4 Å². The molecule has 0 atom stereocenters. The Labute approximate surface area is 200 Å². The van der Waals surface area contributed by atoms with Crippen LogP contribution in [-0.4, -0.2) is 32.3 Å². The number of benzene rings is 2. The lowest BCUT2D eigenvalue weighted by molar-refractivity contribution is -0.143. The summed E-state index contributed by atoms with van der Waals surface area (Å²) in [6, 6.07) is 8.00. The zero-order valence-corrected chi connectivity index (χ0v) is 20.8. The topological polar surface area (TPSA) is 38.8 Å². The quantitative estimate of drug-likeness (QED) is 0.393. The van der Waals surface area contributed by atoms with Crippen molar-refractivity contribution in [3.63, 3.8) is 0 Å². The summed E-state index contributed by atoms with van der Waals surface area (Å²) >= 11 is 0. The molecule has 0 N–H and O–H groups in total. The van der Waals surface area contributed by atoms with Gasteiger partial charge in [0, 0.05) is 19.3 Å². The molecule has 7 heteroatoms. The van der Waals surface area contributed by atoms with Gasteiger partial charge in [0.15, 0.2) is 0 Å². The van der Waals surface area contributed by atoms with Crippen LogP contribution in [0, 0.1) is 11.3 Å². The number of halogens is 3. The monoisotopic (exact) mass is 479 g/mol. The number of alkyl halides is 3. The summed E-state index contributed by atoms with van der Waals surface area (Å²) in [4.78, 5) is 13.5. The Morgan fingerprint density at radius 2 is 1.74 bits per heavy atom. The Morgan fingerprint density at radius 1 is 1.06 bits per heavy atom. The summed E-state index contributed by atoms with van der Waals surface area (Å²) in [7, 11) is 1.80. The maximum absolute atomic E-state index is 14.2. The molecule has 2 aromatic carbocycles. The number of nitrogens with zero attached hydrogens (tertiary/aromatic N) is 1. The van der Waals surface area contributed by atoms with E-state index < -0.39 is 11.7 Å². The maximum atomic E-state index is 14.2. The van der Waals surface area contributed by atoms with Crippen LogP contribution in [0.3, 0.4) is 0 Å². The molecule has 0 heterocycles. The smallest absolute Gasteiger partial charge is 0.420 e. The molecule has 4 nitrogen and oxygen atoms in total. The van der Waals surface area contributed by atoms with Crippen LogP contribution in [0.5, 0.6) is 5.75 Å². The number of ether oxygens (including phenoxy) is 2. The molecule has 1 aliphatic carbocycles. The minimum atomic E-state index is -4.53. The molecule has 34 heavy (non-hydrogen) atoms. The zero-order valence-electron chi connectivity index (χ0n) is 20.8. The van der Waals surface area contributed by atoms with E-state index in [0.29, 0.717) is 24.5 Å². The van der Waals surface area contributed by atoms with E-state index in [1.54, 1.807) is 32.2 Å². The lowest BCUT2D eigenvalue weighted by atomic mass is 9.72. The summed E-state index contributed by atoms with van der Waals surface area (Å²) in [5.74, 6) is 0.167. The Bertz CT molecular complexity index is 989. The van der Waals surface area contributed by atoms with E-state index in [0.717, 1.165) is 31.4 Å². The van der Waals surface area contributed by atoms with E-state index in [2.05, 4.69) is 20.8 Å². The highest BCUT2D eigenvalue weighted by atomic mass is 19.4. The number of fused-ring (bicyclic) bond motifs is 1. The third-order valence-corrected chi connectivity index (χ3v) is 6.84. The van der Waals surface area contributed by atoms with Gasteiger partial charge in [0.1, 0.15) is 11.3 Å². The van der Waals surface area contributed by atoms with Crippen molar-refractivity contribution in [3.05, 3.63) is 35.9 Å². The van der Waals surface area contributed by atoms with Crippen molar-refractivity contribution < 1.29 is 27.4 Å². The molecule has 1 fully saturated rings. The second kappa shape index (κ2) is 10.4. The predicted molar refractivity (Wildman–Crippen MR) is 129 cm³/mol. The minimum absolute atomic E-state index is 0.0948. The normalized spacial score (nSPS) is 19.2. The second-order valence-electron chi connectivity index (χ2n) is 10.3. The SMILES string of the molecule is CCOC(=O)CCN(C)c1ccc2c(C(F)(F)F)c(OC3CCC(C(C)(C)C)CC3)ccc2c1. The van der Waals surface area contributed by atoms with Crippen LogP contribution in [0.15, 0.2) is 30.3 Å². The molecule has 0 amide bonds. The van der Waals surface area contributed by atoms with Crippen LogP contribution in [0.4, 0.5) is 18.9 Å². The van der Waals surface area contributed by atoms with Gasteiger partial charge in [0.05, 0.1) is 19.1 Å². The highest BCUT2D eigenvalue weighted by Crippen LogP contribution is 2.44. The molecule has 0 aromatic heterocycles. The van der Waals surface area contributed by atoms with E-state index in [-0.39, 0.29) is 35.0 Å². The molecule has 0 saturated heterocycles. The Balaban J connectivity index is 1.81. The first-order valence-corrected chi connectivity index (χ1v) is 12.1.